The lowest BCUT2D eigenvalue weighted by Crippen LogP contribution is -1.96. The van der Waals surface area contributed by atoms with Crippen LogP contribution in [0.3, 0.4) is 0 Å². The second-order valence-electron chi connectivity index (χ2n) is 4.04. The number of nitrogens with zero attached hydrogens (tertiary/aromatic N) is 1. The lowest BCUT2D eigenvalue weighted by molar-refractivity contribution is 0.324. The number of benzene rings is 1. The van der Waals surface area contributed by atoms with E-state index in [9.17, 15) is 0 Å². The first-order chi connectivity index (χ1) is 9.80. The summed E-state index contributed by atoms with van der Waals surface area (Å²) >= 11 is 0. The number of ether oxygens (including phenoxy) is 3. The molecule has 0 saturated heterocycles. The average molecular weight is 271 g/mol. The molecule has 0 radical (unpaired) electrons. The molecule has 2 aromatic rings. The Labute approximate surface area is 118 Å². The number of rotatable bonds is 5. The summed E-state index contributed by atoms with van der Waals surface area (Å²) in [7, 11) is 4.81. The van der Waals surface area contributed by atoms with Crippen molar-refractivity contribution in [3.05, 3.63) is 47.8 Å². The van der Waals surface area contributed by atoms with Gasteiger partial charge in [-0.1, -0.05) is 12.2 Å². The summed E-state index contributed by atoms with van der Waals surface area (Å²) in [4.78, 5) is 3.99. The van der Waals surface area contributed by atoms with Gasteiger partial charge in [-0.2, -0.15) is 0 Å². The Kier molecular flexibility index (Phi) is 4.60. The van der Waals surface area contributed by atoms with Gasteiger partial charge in [0, 0.05) is 18.0 Å². The van der Waals surface area contributed by atoms with Gasteiger partial charge in [-0.15, -0.1) is 0 Å². The highest BCUT2D eigenvalue weighted by atomic mass is 16.5. The van der Waals surface area contributed by atoms with E-state index in [4.69, 9.17) is 14.2 Å². The van der Waals surface area contributed by atoms with Gasteiger partial charge in [0.25, 0.3) is 0 Å². The third-order valence-corrected chi connectivity index (χ3v) is 2.90. The molecule has 2 rings (SSSR count). The van der Waals surface area contributed by atoms with Gasteiger partial charge in [0.1, 0.15) is 0 Å². The zero-order chi connectivity index (χ0) is 14.4. The predicted molar refractivity (Wildman–Crippen MR) is 79.3 cm³/mol. The third kappa shape index (κ3) is 2.91. The molecule has 4 heteroatoms. The van der Waals surface area contributed by atoms with E-state index in [2.05, 4.69) is 4.98 Å². The summed E-state index contributed by atoms with van der Waals surface area (Å²) in [6.07, 6.45) is 7.47. The van der Waals surface area contributed by atoms with Crippen molar-refractivity contribution in [2.75, 3.05) is 21.3 Å². The minimum absolute atomic E-state index is 0.590. The molecule has 4 nitrogen and oxygen atoms in total. The largest absolute Gasteiger partial charge is 0.493 e. The molecule has 0 bridgehead atoms. The zero-order valence-electron chi connectivity index (χ0n) is 11.8. The highest BCUT2D eigenvalue weighted by molar-refractivity contribution is 5.75. The van der Waals surface area contributed by atoms with Crippen LogP contribution in [0.15, 0.2) is 36.7 Å². The van der Waals surface area contributed by atoms with Crippen LogP contribution in [0, 0.1) is 0 Å². The third-order valence-electron chi connectivity index (χ3n) is 2.90. The van der Waals surface area contributed by atoms with E-state index in [1.807, 2.05) is 36.4 Å². The van der Waals surface area contributed by atoms with Crippen molar-refractivity contribution in [1.29, 1.82) is 0 Å². The summed E-state index contributed by atoms with van der Waals surface area (Å²) in [5.74, 6) is 1.88. The zero-order valence-corrected chi connectivity index (χ0v) is 11.8. The summed E-state index contributed by atoms with van der Waals surface area (Å²) in [6, 6.07) is 7.65. The average Bonchev–Trinajstić information content (AvgIpc) is 2.52. The Morgan fingerprint density at radius 3 is 2.10 bits per heavy atom. The standard InChI is InChI=1S/C16H17NO3/c1-18-14-7-6-13(15(19-2)16(14)20-3)5-4-12-8-10-17-11-9-12/h4-11H,1-3H3. The van der Waals surface area contributed by atoms with E-state index < -0.39 is 0 Å². The summed E-state index contributed by atoms with van der Waals surface area (Å²) in [6.45, 7) is 0. The van der Waals surface area contributed by atoms with Gasteiger partial charge in [-0.3, -0.25) is 4.98 Å². The second-order valence-corrected chi connectivity index (χ2v) is 4.04. The van der Waals surface area contributed by atoms with Crippen LogP contribution in [0.4, 0.5) is 0 Å². The monoisotopic (exact) mass is 271 g/mol. The van der Waals surface area contributed by atoms with Crippen molar-refractivity contribution >= 4 is 12.2 Å². The molecule has 1 aromatic carbocycles. The van der Waals surface area contributed by atoms with Crippen LogP contribution in [0.25, 0.3) is 12.2 Å². The molecular weight excluding hydrogens is 254 g/mol. The molecule has 0 unspecified atom stereocenters. The molecule has 0 spiro atoms. The van der Waals surface area contributed by atoms with Crippen molar-refractivity contribution < 1.29 is 14.2 Å². The summed E-state index contributed by atoms with van der Waals surface area (Å²) in [5, 5.41) is 0. The number of hydrogen-bond acceptors (Lipinski definition) is 4. The van der Waals surface area contributed by atoms with Crippen LogP contribution in [0.2, 0.25) is 0 Å². The van der Waals surface area contributed by atoms with Gasteiger partial charge < -0.3 is 14.2 Å². The molecule has 1 heterocycles. The molecule has 0 saturated carbocycles. The van der Waals surface area contributed by atoms with Gasteiger partial charge in [-0.25, -0.2) is 0 Å². The molecule has 104 valence electrons. The van der Waals surface area contributed by atoms with Gasteiger partial charge in [0.15, 0.2) is 11.5 Å². The number of aromatic nitrogens is 1. The normalized spacial score (nSPS) is 10.6. The van der Waals surface area contributed by atoms with E-state index in [1.54, 1.807) is 33.7 Å². The van der Waals surface area contributed by atoms with E-state index in [1.165, 1.54) is 0 Å². The molecular formula is C16H17NO3. The first-order valence-electron chi connectivity index (χ1n) is 6.17. The fourth-order valence-electron chi connectivity index (χ4n) is 1.92. The number of hydrogen-bond donors (Lipinski definition) is 0. The highest BCUT2D eigenvalue weighted by Crippen LogP contribution is 2.40. The first kappa shape index (κ1) is 13.9. The first-order valence-corrected chi connectivity index (χ1v) is 6.17. The summed E-state index contributed by atoms with van der Waals surface area (Å²) < 4.78 is 16.0. The Morgan fingerprint density at radius 2 is 1.50 bits per heavy atom. The minimum atomic E-state index is 0.590. The molecule has 0 aliphatic heterocycles. The maximum Gasteiger partial charge on any atom is 0.203 e. The Balaban J connectivity index is 2.39. The molecule has 20 heavy (non-hydrogen) atoms. The maximum absolute atomic E-state index is 5.43. The van der Waals surface area contributed by atoms with Crippen LogP contribution in [0.5, 0.6) is 17.2 Å². The summed E-state index contributed by atoms with van der Waals surface area (Å²) in [5.41, 5.74) is 1.99. The van der Waals surface area contributed by atoms with Crippen LogP contribution >= 0.6 is 0 Å². The molecule has 0 amide bonds. The Bertz CT molecular complexity index is 594. The van der Waals surface area contributed by atoms with Gasteiger partial charge in [0.05, 0.1) is 21.3 Å². The van der Waals surface area contributed by atoms with Crippen molar-refractivity contribution in [3.63, 3.8) is 0 Å². The SMILES string of the molecule is COc1ccc(C=Cc2ccncc2)c(OC)c1OC. The van der Waals surface area contributed by atoms with E-state index in [0.29, 0.717) is 17.2 Å². The number of methoxy groups -OCH3 is 3. The predicted octanol–water partition coefficient (Wildman–Crippen LogP) is 3.28. The maximum atomic E-state index is 5.43. The molecule has 1 aromatic heterocycles. The van der Waals surface area contributed by atoms with Crippen LogP contribution in [-0.2, 0) is 0 Å². The molecule has 0 aliphatic rings. The van der Waals surface area contributed by atoms with Crippen molar-refractivity contribution in [2.45, 2.75) is 0 Å². The van der Waals surface area contributed by atoms with E-state index in [-0.39, 0.29) is 0 Å². The van der Waals surface area contributed by atoms with E-state index in [0.717, 1.165) is 11.1 Å². The molecule has 0 atom stereocenters. The number of pyridine rings is 1. The highest BCUT2D eigenvalue weighted by Gasteiger charge is 2.13. The van der Waals surface area contributed by atoms with Gasteiger partial charge in [-0.05, 0) is 29.8 Å². The molecule has 0 aliphatic carbocycles. The van der Waals surface area contributed by atoms with Crippen LogP contribution in [-0.4, -0.2) is 26.3 Å². The van der Waals surface area contributed by atoms with Crippen molar-refractivity contribution in [3.8, 4) is 17.2 Å². The lowest BCUT2D eigenvalue weighted by atomic mass is 10.1. The minimum Gasteiger partial charge on any atom is -0.493 e. The topological polar surface area (TPSA) is 40.6 Å². The van der Waals surface area contributed by atoms with E-state index >= 15 is 0 Å². The lowest BCUT2D eigenvalue weighted by Gasteiger charge is -2.13. The van der Waals surface area contributed by atoms with Crippen LogP contribution in [0.1, 0.15) is 11.1 Å². The Hall–Kier alpha value is -2.49. The van der Waals surface area contributed by atoms with Gasteiger partial charge >= 0.3 is 0 Å². The quantitative estimate of drug-likeness (QED) is 0.836. The smallest absolute Gasteiger partial charge is 0.203 e. The van der Waals surface area contributed by atoms with Crippen LogP contribution < -0.4 is 14.2 Å². The fraction of sp³-hybridized carbons (Fsp3) is 0.188. The molecule has 0 fully saturated rings. The fourth-order valence-corrected chi connectivity index (χ4v) is 1.92. The second kappa shape index (κ2) is 6.61. The van der Waals surface area contributed by atoms with Gasteiger partial charge in [0.2, 0.25) is 5.75 Å². The molecule has 0 N–H and O–H groups in total. The van der Waals surface area contributed by atoms with Crippen molar-refractivity contribution in [2.24, 2.45) is 0 Å². The van der Waals surface area contributed by atoms with Crippen molar-refractivity contribution in [1.82, 2.24) is 4.98 Å². The Morgan fingerprint density at radius 1 is 0.800 bits per heavy atom.